The highest BCUT2D eigenvalue weighted by Gasteiger charge is 2.44. The van der Waals surface area contributed by atoms with Crippen molar-refractivity contribution in [3.8, 4) is 0 Å². The summed E-state index contributed by atoms with van der Waals surface area (Å²) in [6.45, 7) is 0.386. The molecule has 0 aliphatic heterocycles. The summed E-state index contributed by atoms with van der Waals surface area (Å²) in [7, 11) is 0. The molecule has 6 heteroatoms. The minimum Gasteiger partial charge on any atom is -0.481 e. The summed E-state index contributed by atoms with van der Waals surface area (Å²) in [6.07, 6.45) is 2.36. The number of nitrogens with two attached hydrogens (primary N) is 1. The zero-order valence-corrected chi connectivity index (χ0v) is 11.9. The first-order valence-corrected chi connectivity index (χ1v) is 6.80. The SMILES string of the molecule is NC(=O)c1ccc(NCC2(C(=O)O)CCC2)c(Br)c1. The van der Waals surface area contributed by atoms with Gasteiger partial charge in [-0.2, -0.15) is 0 Å². The van der Waals surface area contributed by atoms with Gasteiger partial charge in [0.25, 0.3) is 0 Å². The molecule has 1 fully saturated rings. The Morgan fingerprint density at radius 2 is 2.11 bits per heavy atom. The first-order chi connectivity index (χ1) is 8.94. The topological polar surface area (TPSA) is 92.4 Å². The van der Waals surface area contributed by atoms with E-state index in [1.54, 1.807) is 18.2 Å². The van der Waals surface area contributed by atoms with Crippen molar-refractivity contribution in [1.82, 2.24) is 0 Å². The van der Waals surface area contributed by atoms with E-state index in [0.717, 1.165) is 12.1 Å². The Bertz CT molecular complexity index is 527. The van der Waals surface area contributed by atoms with Crippen LogP contribution in [0.3, 0.4) is 0 Å². The van der Waals surface area contributed by atoms with Gasteiger partial charge in [-0.05, 0) is 47.0 Å². The van der Waals surface area contributed by atoms with E-state index in [0.29, 0.717) is 29.4 Å². The van der Waals surface area contributed by atoms with Gasteiger partial charge >= 0.3 is 5.97 Å². The largest absolute Gasteiger partial charge is 0.481 e. The van der Waals surface area contributed by atoms with Crippen LogP contribution in [0.5, 0.6) is 0 Å². The van der Waals surface area contributed by atoms with Gasteiger partial charge in [-0.1, -0.05) is 6.42 Å². The van der Waals surface area contributed by atoms with Crippen LogP contribution in [-0.4, -0.2) is 23.5 Å². The van der Waals surface area contributed by atoms with Gasteiger partial charge < -0.3 is 16.2 Å². The summed E-state index contributed by atoms with van der Waals surface area (Å²) >= 11 is 3.34. The van der Waals surface area contributed by atoms with E-state index in [4.69, 9.17) is 5.73 Å². The van der Waals surface area contributed by atoms with Crippen molar-refractivity contribution < 1.29 is 14.7 Å². The van der Waals surface area contributed by atoms with E-state index in [-0.39, 0.29) is 0 Å². The Morgan fingerprint density at radius 1 is 1.42 bits per heavy atom. The summed E-state index contributed by atoms with van der Waals surface area (Å²) in [6, 6.07) is 4.96. The fourth-order valence-electron chi connectivity index (χ4n) is 2.15. The second-order valence-corrected chi connectivity index (χ2v) is 5.71. The van der Waals surface area contributed by atoms with Crippen molar-refractivity contribution in [3.05, 3.63) is 28.2 Å². The zero-order chi connectivity index (χ0) is 14.0. The van der Waals surface area contributed by atoms with Gasteiger partial charge in [0, 0.05) is 22.3 Å². The van der Waals surface area contributed by atoms with Gasteiger partial charge in [0.05, 0.1) is 5.41 Å². The third kappa shape index (κ3) is 2.73. The number of anilines is 1. The number of carboxylic acid groups (broad SMARTS) is 1. The summed E-state index contributed by atoms with van der Waals surface area (Å²) in [5.74, 6) is -1.25. The van der Waals surface area contributed by atoms with Gasteiger partial charge in [0.2, 0.25) is 5.91 Å². The van der Waals surface area contributed by atoms with E-state index in [1.807, 2.05) is 0 Å². The second kappa shape index (κ2) is 5.21. The number of carbonyl (C=O) groups is 2. The van der Waals surface area contributed by atoms with Crippen LogP contribution in [0.1, 0.15) is 29.6 Å². The molecule has 5 nitrogen and oxygen atoms in total. The molecule has 19 heavy (non-hydrogen) atoms. The fourth-order valence-corrected chi connectivity index (χ4v) is 2.66. The predicted octanol–water partition coefficient (Wildman–Crippen LogP) is 2.21. The molecule has 1 aliphatic carbocycles. The minimum absolute atomic E-state index is 0.386. The van der Waals surface area contributed by atoms with E-state index >= 15 is 0 Å². The van der Waals surface area contributed by atoms with E-state index in [1.165, 1.54) is 0 Å². The van der Waals surface area contributed by atoms with Gasteiger partial charge in [-0.15, -0.1) is 0 Å². The summed E-state index contributed by atoms with van der Waals surface area (Å²) in [4.78, 5) is 22.3. The fraction of sp³-hybridized carbons (Fsp3) is 0.385. The number of primary amides is 1. The van der Waals surface area contributed by atoms with Crippen LogP contribution < -0.4 is 11.1 Å². The number of nitrogens with one attached hydrogen (secondary N) is 1. The van der Waals surface area contributed by atoms with E-state index in [2.05, 4.69) is 21.2 Å². The number of hydrogen-bond acceptors (Lipinski definition) is 3. The van der Waals surface area contributed by atoms with Crippen LogP contribution in [0.15, 0.2) is 22.7 Å². The Balaban J connectivity index is 2.08. The molecule has 0 heterocycles. The number of aliphatic carboxylic acids is 1. The van der Waals surface area contributed by atoms with Crippen molar-refractivity contribution in [3.63, 3.8) is 0 Å². The van der Waals surface area contributed by atoms with Crippen LogP contribution in [-0.2, 0) is 4.79 Å². The monoisotopic (exact) mass is 326 g/mol. The van der Waals surface area contributed by atoms with Crippen LogP contribution >= 0.6 is 15.9 Å². The molecule has 4 N–H and O–H groups in total. The Hall–Kier alpha value is -1.56. The number of hydrogen-bond donors (Lipinski definition) is 3. The molecule has 1 aliphatic rings. The molecule has 2 rings (SSSR count). The number of amides is 1. The van der Waals surface area contributed by atoms with Gasteiger partial charge in [0.1, 0.15) is 0 Å². The Labute approximate surface area is 119 Å². The molecule has 0 unspecified atom stereocenters. The molecule has 0 saturated heterocycles. The highest BCUT2D eigenvalue weighted by molar-refractivity contribution is 9.10. The molecule has 0 bridgehead atoms. The van der Waals surface area contributed by atoms with E-state index < -0.39 is 17.3 Å². The summed E-state index contributed by atoms with van der Waals surface area (Å²) in [5, 5.41) is 12.4. The zero-order valence-electron chi connectivity index (χ0n) is 10.3. The van der Waals surface area contributed by atoms with E-state index in [9.17, 15) is 14.7 Å². The molecule has 1 amide bonds. The van der Waals surface area contributed by atoms with Gasteiger partial charge in [-0.25, -0.2) is 0 Å². The number of rotatable bonds is 5. The molecule has 1 aromatic rings. The maximum atomic E-state index is 11.2. The summed E-state index contributed by atoms with van der Waals surface area (Å²) < 4.78 is 0.698. The van der Waals surface area contributed by atoms with Crippen molar-refractivity contribution in [2.24, 2.45) is 11.1 Å². The average Bonchev–Trinajstić information content (AvgIpc) is 2.28. The third-order valence-electron chi connectivity index (χ3n) is 3.64. The first-order valence-electron chi connectivity index (χ1n) is 6.01. The molecule has 0 spiro atoms. The quantitative estimate of drug-likeness (QED) is 0.773. The second-order valence-electron chi connectivity index (χ2n) is 4.85. The first kappa shape index (κ1) is 13.9. The Morgan fingerprint density at radius 3 is 2.53 bits per heavy atom. The average molecular weight is 327 g/mol. The van der Waals surface area contributed by atoms with Gasteiger partial charge in [-0.3, -0.25) is 9.59 Å². The molecule has 102 valence electrons. The number of benzene rings is 1. The summed E-state index contributed by atoms with van der Waals surface area (Å²) in [5.41, 5.74) is 5.71. The molecule has 1 aromatic carbocycles. The van der Waals surface area contributed by atoms with Crippen LogP contribution in [0.25, 0.3) is 0 Å². The molecule has 0 aromatic heterocycles. The number of carboxylic acids is 1. The van der Waals surface area contributed by atoms with Crippen molar-refractivity contribution in [2.75, 3.05) is 11.9 Å². The molecular formula is C13H15BrN2O3. The number of carbonyl (C=O) groups excluding carboxylic acids is 1. The smallest absolute Gasteiger partial charge is 0.311 e. The highest BCUT2D eigenvalue weighted by atomic mass is 79.9. The lowest BCUT2D eigenvalue weighted by Crippen LogP contribution is -2.43. The van der Waals surface area contributed by atoms with Crippen LogP contribution in [0, 0.1) is 5.41 Å². The Kier molecular flexibility index (Phi) is 3.80. The van der Waals surface area contributed by atoms with Crippen molar-refractivity contribution in [1.29, 1.82) is 0 Å². The van der Waals surface area contributed by atoms with Crippen molar-refractivity contribution in [2.45, 2.75) is 19.3 Å². The lowest BCUT2D eigenvalue weighted by Gasteiger charge is -2.38. The normalized spacial score (nSPS) is 16.5. The third-order valence-corrected chi connectivity index (χ3v) is 4.29. The molecule has 0 radical (unpaired) electrons. The molecule has 0 atom stereocenters. The minimum atomic E-state index is -0.754. The van der Waals surface area contributed by atoms with Gasteiger partial charge in [0.15, 0.2) is 0 Å². The lowest BCUT2D eigenvalue weighted by atomic mass is 9.69. The highest BCUT2D eigenvalue weighted by Crippen LogP contribution is 2.41. The maximum absolute atomic E-state index is 11.2. The molecule has 1 saturated carbocycles. The standard InChI is InChI=1S/C13H15BrN2O3/c14-9-6-8(11(15)17)2-3-10(9)16-7-13(12(18)19)4-1-5-13/h2-3,6,16H,1,4-5,7H2,(H2,15,17)(H,18,19). The van der Waals surface area contributed by atoms with Crippen molar-refractivity contribution >= 4 is 33.5 Å². The maximum Gasteiger partial charge on any atom is 0.311 e. The number of halogens is 1. The van der Waals surface area contributed by atoms with Crippen LogP contribution in [0.2, 0.25) is 0 Å². The predicted molar refractivity (Wildman–Crippen MR) is 75.1 cm³/mol. The van der Waals surface area contributed by atoms with Crippen LogP contribution in [0.4, 0.5) is 5.69 Å². The lowest BCUT2D eigenvalue weighted by molar-refractivity contribution is -0.153. The molecular weight excluding hydrogens is 312 g/mol.